The lowest BCUT2D eigenvalue weighted by Gasteiger charge is -2.36. The molecule has 15 heavy (non-hydrogen) atoms. The van der Waals surface area contributed by atoms with Crippen LogP contribution in [0.15, 0.2) is 12.2 Å². The minimum Gasteiger partial charge on any atom is -0.0996 e. The fraction of sp³-hybridized carbons (Fsp3) is 0.867. The number of hydrogen-bond acceptors (Lipinski definition) is 0. The second-order valence-corrected chi connectivity index (χ2v) is 6.11. The van der Waals surface area contributed by atoms with Crippen LogP contribution in [0.4, 0.5) is 0 Å². The van der Waals surface area contributed by atoms with Crippen molar-refractivity contribution in [2.24, 2.45) is 23.2 Å². The van der Waals surface area contributed by atoms with Crippen molar-refractivity contribution in [3.63, 3.8) is 0 Å². The van der Waals surface area contributed by atoms with Crippen molar-refractivity contribution in [2.45, 2.75) is 61.3 Å². The summed E-state index contributed by atoms with van der Waals surface area (Å²) in [6.45, 7) is 20.3. The van der Waals surface area contributed by atoms with E-state index < -0.39 is 0 Å². The highest BCUT2D eigenvalue weighted by molar-refractivity contribution is 5.06. The first-order valence-corrected chi connectivity index (χ1v) is 6.37. The Bertz CT molecular complexity index is 200. The fourth-order valence-electron chi connectivity index (χ4n) is 1.86. The Morgan fingerprint density at radius 2 is 1.60 bits per heavy atom. The van der Waals surface area contributed by atoms with Gasteiger partial charge >= 0.3 is 0 Å². The Hall–Kier alpha value is -0.260. The molecule has 0 N–H and O–H groups in total. The fourth-order valence-corrected chi connectivity index (χ4v) is 1.86. The molecule has 0 saturated carbocycles. The molecule has 0 aliphatic rings. The molecule has 90 valence electrons. The summed E-state index contributed by atoms with van der Waals surface area (Å²) in [5, 5.41) is 0. The smallest absolute Gasteiger partial charge is 0.00987 e. The second kappa shape index (κ2) is 5.72. The van der Waals surface area contributed by atoms with E-state index in [-0.39, 0.29) is 0 Å². The molecular weight excluding hydrogens is 180 g/mol. The van der Waals surface area contributed by atoms with Crippen LogP contribution in [0.25, 0.3) is 0 Å². The van der Waals surface area contributed by atoms with E-state index in [9.17, 15) is 0 Å². The normalized spacial score (nSPS) is 17.9. The SMILES string of the molecule is C=C(C)C(C)(CCC(C)C(C)C)C(C)C. The minimum atomic E-state index is 0.323. The van der Waals surface area contributed by atoms with Gasteiger partial charge in [0.05, 0.1) is 0 Å². The Kier molecular flexibility index (Phi) is 5.62. The van der Waals surface area contributed by atoms with Crippen molar-refractivity contribution in [1.82, 2.24) is 0 Å². The van der Waals surface area contributed by atoms with Crippen LogP contribution in [0.1, 0.15) is 61.3 Å². The molecule has 0 heteroatoms. The van der Waals surface area contributed by atoms with Crippen molar-refractivity contribution in [3.8, 4) is 0 Å². The molecular formula is C15H30. The third kappa shape index (κ3) is 4.01. The van der Waals surface area contributed by atoms with Gasteiger partial charge in [-0.2, -0.15) is 0 Å². The molecule has 0 bridgehead atoms. The monoisotopic (exact) mass is 210 g/mol. The van der Waals surface area contributed by atoms with Gasteiger partial charge in [-0.3, -0.25) is 0 Å². The molecule has 0 fully saturated rings. The van der Waals surface area contributed by atoms with Crippen molar-refractivity contribution < 1.29 is 0 Å². The summed E-state index contributed by atoms with van der Waals surface area (Å²) in [5.41, 5.74) is 1.66. The van der Waals surface area contributed by atoms with Gasteiger partial charge in [0.15, 0.2) is 0 Å². The van der Waals surface area contributed by atoms with E-state index in [0.29, 0.717) is 11.3 Å². The summed E-state index contributed by atoms with van der Waals surface area (Å²) in [6.07, 6.45) is 2.60. The second-order valence-electron chi connectivity index (χ2n) is 6.11. The van der Waals surface area contributed by atoms with Crippen LogP contribution in [0, 0.1) is 23.2 Å². The molecule has 2 unspecified atom stereocenters. The Morgan fingerprint density at radius 3 is 1.87 bits per heavy atom. The van der Waals surface area contributed by atoms with Crippen LogP contribution in [-0.2, 0) is 0 Å². The maximum absolute atomic E-state index is 4.17. The van der Waals surface area contributed by atoms with Gasteiger partial charge in [-0.15, -0.1) is 0 Å². The van der Waals surface area contributed by atoms with Crippen molar-refractivity contribution >= 4 is 0 Å². The lowest BCUT2D eigenvalue weighted by atomic mass is 9.69. The molecule has 0 nitrogen and oxygen atoms in total. The standard InChI is InChI=1S/C15H30/c1-11(2)14(7)9-10-15(8,12(3)4)13(5)6/h11,13-14H,3,9-10H2,1-2,4-8H3. The lowest BCUT2D eigenvalue weighted by molar-refractivity contribution is 0.221. The summed E-state index contributed by atoms with van der Waals surface area (Å²) in [6, 6.07) is 0. The topological polar surface area (TPSA) is 0 Å². The van der Waals surface area contributed by atoms with Crippen molar-refractivity contribution in [1.29, 1.82) is 0 Å². The maximum Gasteiger partial charge on any atom is -0.00987 e. The summed E-state index contributed by atoms with van der Waals surface area (Å²) in [4.78, 5) is 0. The molecule has 2 atom stereocenters. The highest BCUT2D eigenvalue weighted by atomic mass is 14.3. The van der Waals surface area contributed by atoms with Gasteiger partial charge in [0, 0.05) is 0 Å². The van der Waals surface area contributed by atoms with E-state index in [1.165, 1.54) is 18.4 Å². The minimum absolute atomic E-state index is 0.323. The first-order valence-electron chi connectivity index (χ1n) is 6.37. The number of rotatable bonds is 6. The first kappa shape index (κ1) is 14.7. The molecule has 0 amide bonds. The molecule has 0 aromatic carbocycles. The highest BCUT2D eigenvalue weighted by Gasteiger charge is 2.29. The largest absolute Gasteiger partial charge is 0.0996 e. The Balaban J connectivity index is 4.39. The van der Waals surface area contributed by atoms with E-state index in [1.807, 2.05) is 0 Å². The summed E-state index contributed by atoms with van der Waals surface area (Å²) < 4.78 is 0. The third-order valence-corrected chi connectivity index (χ3v) is 4.51. The van der Waals surface area contributed by atoms with Crippen LogP contribution in [0.3, 0.4) is 0 Å². The summed E-state index contributed by atoms with van der Waals surface area (Å²) in [5.74, 6) is 2.31. The predicted octanol–water partition coefficient (Wildman–Crippen LogP) is 5.30. The summed E-state index contributed by atoms with van der Waals surface area (Å²) in [7, 11) is 0. The maximum atomic E-state index is 4.17. The summed E-state index contributed by atoms with van der Waals surface area (Å²) >= 11 is 0. The molecule has 0 spiro atoms. The molecule has 0 rings (SSSR count). The van der Waals surface area contributed by atoms with Gasteiger partial charge in [-0.1, -0.05) is 53.7 Å². The molecule has 0 aliphatic carbocycles. The average molecular weight is 210 g/mol. The molecule has 0 aromatic heterocycles. The predicted molar refractivity (Wildman–Crippen MR) is 71.0 cm³/mol. The van der Waals surface area contributed by atoms with E-state index in [0.717, 1.165) is 11.8 Å². The van der Waals surface area contributed by atoms with Crippen LogP contribution < -0.4 is 0 Å². The van der Waals surface area contributed by atoms with Crippen LogP contribution in [0.2, 0.25) is 0 Å². The molecule has 0 aliphatic heterocycles. The van der Waals surface area contributed by atoms with Gasteiger partial charge in [0.25, 0.3) is 0 Å². The number of hydrogen-bond donors (Lipinski definition) is 0. The molecule has 0 radical (unpaired) electrons. The molecule has 0 heterocycles. The third-order valence-electron chi connectivity index (χ3n) is 4.51. The Labute approximate surface area is 97.2 Å². The van der Waals surface area contributed by atoms with E-state index in [1.54, 1.807) is 0 Å². The quantitative estimate of drug-likeness (QED) is 0.522. The van der Waals surface area contributed by atoms with Gasteiger partial charge < -0.3 is 0 Å². The molecule has 0 saturated heterocycles. The van der Waals surface area contributed by atoms with Crippen LogP contribution >= 0.6 is 0 Å². The zero-order valence-corrected chi connectivity index (χ0v) is 11.9. The van der Waals surface area contributed by atoms with Crippen LogP contribution in [0.5, 0.6) is 0 Å². The number of allylic oxidation sites excluding steroid dienone is 1. The zero-order chi connectivity index (χ0) is 12.2. The molecule has 0 aromatic rings. The van der Waals surface area contributed by atoms with Gasteiger partial charge in [-0.05, 0) is 42.9 Å². The van der Waals surface area contributed by atoms with Gasteiger partial charge in [0.1, 0.15) is 0 Å². The average Bonchev–Trinajstić information content (AvgIpc) is 2.12. The highest BCUT2D eigenvalue weighted by Crippen LogP contribution is 2.40. The van der Waals surface area contributed by atoms with E-state index in [2.05, 4.69) is 55.0 Å². The van der Waals surface area contributed by atoms with Crippen LogP contribution in [-0.4, -0.2) is 0 Å². The van der Waals surface area contributed by atoms with Gasteiger partial charge in [-0.25, -0.2) is 0 Å². The van der Waals surface area contributed by atoms with E-state index in [4.69, 9.17) is 0 Å². The first-order chi connectivity index (χ1) is 6.71. The van der Waals surface area contributed by atoms with Gasteiger partial charge in [0.2, 0.25) is 0 Å². The lowest BCUT2D eigenvalue weighted by Crippen LogP contribution is -2.25. The zero-order valence-electron chi connectivity index (χ0n) is 11.9. The van der Waals surface area contributed by atoms with Crippen molar-refractivity contribution in [3.05, 3.63) is 12.2 Å². The Morgan fingerprint density at radius 1 is 1.13 bits per heavy atom. The van der Waals surface area contributed by atoms with E-state index >= 15 is 0 Å². The van der Waals surface area contributed by atoms with Crippen molar-refractivity contribution in [2.75, 3.05) is 0 Å².